The maximum absolute atomic E-state index is 6.15. The van der Waals surface area contributed by atoms with Crippen molar-refractivity contribution < 1.29 is 0 Å². The third kappa shape index (κ3) is 2.63. The molecule has 100 valence electrons. The lowest BCUT2D eigenvalue weighted by Gasteiger charge is -2.10. The summed E-state index contributed by atoms with van der Waals surface area (Å²) in [6.45, 7) is 2.80. The van der Waals surface area contributed by atoms with Crippen molar-refractivity contribution in [2.75, 3.05) is 5.32 Å². The number of fused-ring (bicyclic) bond motifs is 1. The van der Waals surface area contributed by atoms with Crippen LogP contribution in [0, 0.1) is 6.92 Å². The lowest BCUT2D eigenvalue weighted by molar-refractivity contribution is 1.17. The van der Waals surface area contributed by atoms with Crippen molar-refractivity contribution in [1.82, 2.24) is 0 Å². The van der Waals surface area contributed by atoms with Gasteiger partial charge in [-0.2, -0.15) is 0 Å². The van der Waals surface area contributed by atoms with Gasteiger partial charge in [-0.05, 0) is 41.0 Å². The Balaban J connectivity index is 1.85. The van der Waals surface area contributed by atoms with Crippen molar-refractivity contribution in [3.8, 4) is 0 Å². The maximum atomic E-state index is 6.15. The molecule has 0 fully saturated rings. The highest BCUT2D eigenvalue weighted by Crippen LogP contribution is 2.22. The SMILES string of the molecule is Cc1ccc(NCc2cccc3ccccc23)cc1Cl. The summed E-state index contributed by atoms with van der Waals surface area (Å²) < 4.78 is 0. The van der Waals surface area contributed by atoms with Crippen LogP contribution in [-0.2, 0) is 6.54 Å². The van der Waals surface area contributed by atoms with Gasteiger partial charge in [-0.1, -0.05) is 60.1 Å². The molecule has 0 amide bonds. The monoisotopic (exact) mass is 281 g/mol. The standard InChI is InChI=1S/C18H16ClN/c1-13-9-10-16(11-18(13)19)20-12-15-7-4-6-14-5-2-3-8-17(14)15/h2-11,20H,12H2,1H3. The second-order valence-electron chi connectivity index (χ2n) is 4.96. The second-order valence-corrected chi connectivity index (χ2v) is 5.36. The van der Waals surface area contributed by atoms with Gasteiger partial charge in [0.25, 0.3) is 0 Å². The van der Waals surface area contributed by atoms with Crippen LogP contribution < -0.4 is 5.32 Å². The van der Waals surface area contributed by atoms with Crippen molar-refractivity contribution >= 4 is 28.1 Å². The van der Waals surface area contributed by atoms with Gasteiger partial charge in [-0.15, -0.1) is 0 Å². The van der Waals surface area contributed by atoms with Gasteiger partial charge in [0.15, 0.2) is 0 Å². The summed E-state index contributed by atoms with van der Waals surface area (Å²) >= 11 is 6.15. The van der Waals surface area contributed by atoms with Crippen molar-refractivity contribution in [2.24, 2.45) is 0 Å². The van der Waals surface area contributed by atoms with Crippen LogP contribution in [0.4, 0.5) is 5.69 Å². The smallest absolute Gasteiger partial charge is 0.0455 e. The summed E-state index contributed by atoms with van der Waals surface area (Å²) in [6, 6.07) is 20.9. The fourth-order valence-electron chi connectivity index (χ4n) is 2.35. The van der Waals surface area contributed by atoms with Gasteiger partial charge in [0.2, 0.25) is 0 Å². The largest absolute Gasteiger partial charge is 0.381 e. The molecular formula is C18H16ClN. The van der Waals surface area contributed by atoms with Crippen molar-refractivity contribution in [1.29, 1.82) is 0 Å². The molecule has 0 aliphatic carbocycles. The van der Waals surface area contributed by atoms with E-state index >= 15 is 0 Å². The van der Waals surface area contributed by atoms with Crippen LogP contribution >= 0.6 is 11.6 Å². The van der Waals surface area contributed by atoms with Gasteiger partial charge in [-0.3, -0.25) is 0 Å². The Bertz CT molecular complexity index is 744. The van der Waals surface area contributed by atoms with E-state index < -0.39 is 0 Å². The van der Waals surface area contributed by atoms with Crippen molar-refractivity contribution in [2.45, 2.75) is 13.5 Å². The zero-order valence-electron chi connectivity index (χ0n) is 11.4. The highest BCUT2D eigenvalue weighted by atomic mass is 35.5. The number of anilines is 1. The molecule has 0 unspecified atom stereocenters. The van der Waals surface area contributed by atoms with Crippen LogP contribution in [0.25, 0.3) is 10.8 Å². The minimum Gasteiger partial charge on any atom is -0.381 e. The zero-order chi connectivity index (χ0) is 13.9. The number of benzene rings is 3. The zero-order valence-corrected chi connectivity index (χ0v) is 12.1. The fourth-order valence-corrected chi connectivity index (χ4v) is 2.53. The summed E-state index contributed by atoms with van der Waals surface area (Å²) in [5, 5.41) is 6.80. The molecule has 2 heteroatoms. The summed E-state index contributed by atoms with van der Waals surface area (Å²) in [6.07, 6.45) is 0. The minimum absolute atomic E-state index is 0.792. The average Bonchev–Trinajstić information content (AvgIpc) is 2.48. The highest BCUT2D eigenvalue weighted by Gasteiger charge is 2.01. The van der Waals surface area contributed by atoms with E-state index in [-0.39, 0.29) is 0 Å². The Kier molecular flexibility index (Phi) is 3.62. The van der Waals surface area contributed by atoms with Gasteiger partial charge in [0.05, 0.1) is 0 Å². The van der Waals surface area contributed by atoms with Crippen LogP contribution in [-0.4, -0.2) is 0 Å². The summed E-state index contributed by atoms with van der Waals surface area (Å²) in [5.74, 6) is 0. The molecule has 0 aliphatic rings. The molecule has 0 atom stereocenters. The predicted molar refractivity (Wildman–Crippen MR) is 87.5 cm³/mol. The number of rotatable bonds is 3. The van der Waals surface area contributed by atoms with Gasteiger partial charge >= 0.3 is 0 Å². The molecule has 0 bridgehead atoms. The number of hydrogen-bond acceptors (Lipinski definition) is 1. The Morgan fingerprint density at radius 3 is 2.60 bits per heavy atom. The first kappa shape index (κ1) is 13.0. The number of halogens is 1. The Labute approximate surface area is 124 Å². The van der Waals surface area contributed by atoms with Gasteiger partial charge in [0, 0.05) is 17.3 Å². The third-order valence-electron chi connectivity index (χ3n) is 3.53. The molecule has 0 heterocycles. The van der Waals surface area contributed by atoms with Gasteiger partial charge < -0.3 is 5.32 Å². The van der Waals surface area contributed by atoms with E-state index in [0.29, 0.717) is 0 Å². The maximum Gasteiger partial charge on any atom is 0.0455 e. The molecule has 20 heavy (non-hydrogen) atoms. The van der Waals surface area contributed by atoms with E-state index in [1.54, 1.807) is 0 Å². The van der Waals surface area contributed by atoms with Crippen LogP contribution in [0.5, 0.6) is 0 Å². The Morgan fingerprint density at radius 1 is 0.950 bits per heavy atom. The molecule has 0 saturated carbocycles. The van der Waals surface area contributed by atoms with E-state index in [1.165, 1.54) is 16.3 Å². The van der Waals surface area contributed by atoms with Gasteiger partial charge in [-0.25, -0.2) is 0 Å². The Hall–Kier alpha value is -1.99. The number of aryl methyl sites for hydroxylation is 1. The molecular weight excluding hydrogens is 266 g/mol. The molecule has 1 N–H and O–H groups in total. The first-order valence-electron chi connectivity index (χ1n) is 6.71. The van der Waals surface area contributed by atoms with Crippen LogP contribution in [0.15, 0.2) is 60.7 Å². The lowest BCUT2D eigenvalue weighted by Crippen LogP contribution is -2.00. The van der Waals surface area contributed by atoms with Crippen LogP contribution in [0.1, 0.15) is 11.1 Å². The number of hydrogen-bond donors (Lipinski definition) is 1. The second kappa shape index (κ2) is 5.56. The molecule has 3 aromatic carbocycles. The first-order chi connectivity index (χ1) is 9.74. The predicted octanol–water partition coefficient (Wildman–Crippen LogP) is 5.41. The van der Waals surface area contributed by atoms with E-state index in [4.69, 9.17) is 11.6 Å². The van der Waals surface area contributed by atoms with E-state index in [9.17, 15) is 0 Å². The van der Waals surface area contributed by atoms with Crippen LogP contribution in [0.2, 0.25) is 5.02 Å². The molecule has 0 saturated heterocycles. The van der Waals surface area contributed by atoms with E-state index in [2.05, 4.69) is 53.8 Å². The topological polar surface area (TPSA) is 12.0 Å². The minimum atomic E-state index is 0.792. The lowest BCUT2D eigenvalue weighted by atomic mass is 10.0. The highest BCUT2D eigenvalue weighted by molar-refractivity contribution is 6.31. The quantitative estimate of drug-likeness (QED) is 0.676. The summed E-state index contributed by atoms with van der Waals surface area (Å²) in [4.78, 5) is 0. The fraction of sp³-hybridized carbons (Fsp3) is 0.111. The molecule has 0 radical (unpaired) electrons. The van der Waals surface area contributed by atoms with Crippen molar-refractivity contribution in [3.05, 3.63) is 76.8 Å². The molecule has 3 aromatic rings. The first-order valence-corrected chi connectivity index (χ1v) is 7.08. The summed E-state index contributed by atoms with van der Waals surface area (Å²) in [7, 11) is 0. The molecule has 3 rings (SSSR count). The molecule has 0 aliphatic heterocycles. The molecule has 1 nitrogen and oxygen atoms in total. The summed E-state index contributed by atoms with van der Waals surface area (Å²) in [5.41, 5.74) is 3.44. The average molecular weight is 282 g/mol. The normalized spacial score (nSPS) is 10.7. The third-order valence-corrected chi connectivity index (χ3v) is 3.94. The molecule has 0 spiro atoms. The van der Waals surface area contributed by atoms with Crippen molar-refractivity contribution in [3.63, 3.8) is 0 Å². The number of nitrogens with one attached hydrogen (secondary N) is 1. The molecule has 0 aromatic heterocycles. The van der Waals surface area contributed by atoms with Crippen LogP contribution in [0.3, 0.4) is 0 Å². The Morgan fingerprint density at radius 2 is 1.75 bits per heavy atom. The van der Waals surface area contributed by atoms with E-state index in [0.717, 1.165) is 22.8 Å². The van der Waals surface area contributed by atoms with E-state index in [1.807, 2.05) is 19.1 Å². The van der Waals surface area contributed by atoms with Gasteiger partial charge in [0.1, 0.15) is 0 Å².